The monoisotopic (exact) mass is 385 g/mol. The van der Waals surface area contributed by atoms with Crippen molar-refractivity contribution in [2.75, 3.05) is 38.2 Å². The largest absolute Gasteiger partial charge is 0.490 e. The molecule has 1 saturated carbocycles. The third-order valence-electron chi connectivity index (χ3n) is 6.01. The number of aryl methyl sites for hydroxylation is 1. The minimum atomic E-state index is -0.388. The SMILES string of the molecule is COc1cc(N2CCN(C3CCCC3)CC2)c(-c2cnn(C)c2)cc1[N+](=O)[O-]. The molecule has 1 aromatic carbocycles. The Labute approximate surface area is 164 Å². The van der Waals surface area contributed by atoms with Crippen LogP contribution in [0.2, 0.25) is 0 Å². The minimum absolute atomic E-state index is 0.0188. The Morgan fingerprint density at radius 2 is 1.89 bits per heavy atom. The van der Waals surface area contributed by atoms with E-state index in [2.05, 4.69) is 14.9 Å². The van der Waals surface area contributed by atoms with E-state index in [0.717, 1.165) is 49.0 Å². The van der Waals surface area contributed by atoms with Crippen molar-refractivity contribution in [3.63, 3.8) is 0 Å². The molecule has 1 saturated heterocycles. The molecule has 0 N–H and O–H groups in total. The number of nitro benzene ring substituents is 1. The van der Waals surface area contributed by atoms with E-state index < -0.39 is 0 Å². The summed E-state index contributed by atoms with van der Waals surface area (Å²) in [5, 5.41) is 15.8. The Balaban J connectivity index is 1.66. The van der Waals surface area contributed by atoms with Gasteiger partial charge in [0.1, 0.15) is 0 Å². The fraction of sp³-hybridized carbons (Fsp3) is 0.550. The lowest BCUT2D eigenvalue weighted by Crippen LogP contribution is -2.49. The van der Waals surface area contributed by atoms with Crippen molar-refractivity contribution in [1.29, 1.82) is 0 Å². The van der Waals surface area contributed by atoms with Crippen molar-refractivity contribution >= 4 is 11.4 Å². The van der Waals surface area contributed by atoms with E-state index in [4.69, 9.17) is 4.74 Å². The summed E-state index contributed by atoms with van der Waals surface area (Å²) in [6, 6.07) is 4.16. The van der Waals surface area contributed by atoms with E-state index in [1.807, 2.05) is 19.3 Å². The van der Waals surface area contributed by atoms with E-state index in [0.29, 0.717) is 5.75 Å². The molecule has 8 heteroatoms. The molecule has 8 nitrogen and oxygen atoms in total. The van der Waals surface area contributed by atoms with Gasteiger partial charge in [-0.05, 0) is 12.8 Å². The number of anilines is 1. The first-order chi connectivity index (χ1) is 13.6. The molecule has 2 fully saturated rings. The topological polar surface area (TPSA) is 76.7 Å². The van der Waals surface area contributed by atoms with Crippen LogP contribution in [0.25, 0.3) is 11.1 Å². The molecule has 0 bridgehead atoms. The van der Waals surface area contributed by atoms with Crippen LogP contribution < -0.4 is 9.64 Å². The molecule has 0 atom stereocenters. The normalized spacial score (nSPS) is 18.6. The smallest absolute Gasteiger partial charge is 0.311 e. The Kier molecular flexibility index (Phi) is 5.21. The summed E-state index contributed by atoms with van der Waals surface area (Å²) in [7, 11) is 3.33. The third-order valence-corrected chi connectivity index (χ3v) is 6.01. The molecule has 2 aliphatic rings. The van der Waals surface area contributed by atoms with Crippen molar-refractivity contribution in [2.45, 2.75) is 31.7 Å². The second-order valence-corrected chi connectivity index (χ2v) is 7.66. The number of benzene rings is 1. The lowest BCUT2D eigenvalue weighted by Gasteiger charge is -2.39. The Morgan fingerprint density at radius 1 is 1.18 bits per heavy atom. The highest BCUT2D eigenvalue weighted by atomic mass is 16.6. The summed E-state index contributed by atoms with van der Waals surface area (Å²) in [4.78, 5) is 16.1. The van der Waals surface area contributed by atoms with Crippen molar-refractivity contribution in [1.82, 2.24) is 14.7 Å². The van der Waals surface area contributed by atoms with Gasteiger partial charge in [0, 0.05) is 74.4 Å². The summed E-state index contributed by atoms with van der Waals surface area (Å²) in [5.41, 5.74) is 2.66. The maximum Gasteiger partial charge on any atom is 0.311 e. The highest BCUT2D eigenvalue weighted by Gasteiger charge is 2.29. The molecule has 0 unspecified atom stereocenters. The molecule has 2 aromatic rings. The number of nitrogens with zero attached hydrogens (tertiary/aromatic N) is 5. The van der Waals surface area contributed by atoms with Crippen LogP contribution in [0.1, 0.15) is 25.7 Å². The van der Waals surface area contributed by atoms with Gasteiger partial charge in [-0.2, -0.15) is 5.10 Å². The van der Waals surface area contributed by atoms with Crippen LogP contribution in [0.3, 0.4) is 0 Å². The molecule has 28 heavy (non-hydrogen) atoms. The average Bonchev–Trinajstić information content (AvgIpc) is 3.39. The van der Waals surface area contributed by atoms with E-state index in [1.54, 1.807) is 16.9 Å². The second kappa shape index (κ2) is 7.79. The number of rotatable bonds is 5. The van der Waals surface area contributed by atoms with E-state index in [1.165, 1.54) is 32.8 Å². The number of hydrogen-bond acceptors (Lipinski definition) is 6. The summed E-state index contributed by atoms with van der Waals surface area (Å²) < 4.78 is 7.05. The van der Waals surface area contributed by atoms with Crippen LogP contribution in [-0.4, -0.2) is 58.9 Å². The molecule has 0 spiro atoms. The Morgan fingerprint density at radius 3 is 2.46 bits per heavy atom. The molecule has 0 radical (unpaired) electrons. The van der Waals surface area contributed by atoms with Gasteiger partial charge in [-0.3, -0.25) is 19.7 Å². The Hall–Kier alpha value is -2.61. The highest BCUT2D eigenvalue weighted by molar-refractivity contribution is 5.82. The van der Waals surface area contributed by atoms with Gasteiger partial charge in [0.2, 0.25) is 0 Å². The maximum atomic E-state index is 11.5. The second-order valence-electron chi connectivity index (χ2n) is 7.66. The van der Waals surface area contributed by atoms with Gasteiger partial charge >= 0.3 is 5.69 Å². The zero-order valence-electron chi connectivity index (χ0n) is 16.5. The summed E-state index contributed by atoms with van der Waals surface area (Å²) >= 11 is 0. The standard InChI is InChI=1S/C20H27N5O3/c1-22-14-15(13-21-22)17-11-19(25(26)27)20(28-2)12-18(17)24-9-7-23(8-10-24)16-5-3-4-6-16/h11-14,16H,3-10H2,1-2H3. The first-order valence-corrected chi connectivity index (χ1v) is 9.91. The van der Waals surface area contributed by atoms with Gasteiger partial charge in [-0.15, -0.1) is 0 Å². The van der Waals surface area contributed by atoms with Crippen LogP contribution >= 0.6 is 0 Å². The number of nitro groups is 1. The number of ether oxygens (including phenoxy) is 1. The predicted molar refractivity (Wildman–Crippen MR) is 108 cm³/mol. The zero-order valence-corrected chi connectivity index (χ0v) is 16.5. The van der Waals surface area contributed by atoms with Gasteiger partial charge in [0.25, 0.3) is 0 Å². The van der Waals surface area contributed by atoms with Gasteiger partial charge in [-0.25, -0.2) is 0 Å². The molecule has 4 rings (SSSR count). The third kappa shape index (κ3) is 3.56. The van der Waals surface area contributed by atoms with Gasteiger partial charge in [0.05, 0.1) is 18.2 Å². The van der Waals surface area contributed by atoms with Gasteiger partial charge in [-0.1, -0.05) is 12.8 Å². The quantitative estimate of drug-likeness (QED) is 0.582. The zero-order chi connectivity index (χ0) is 19.7. The Bertz CT molecular complexity index is 852. The number of aromatic nitrogens is 2. The minimum Gasteiger partial charge on any atom is -0.490 e. The van der Waals surface area contributed by atoms with Crippen LogP contribution in [0.5, 0.6) is 5.75 Å². The number of hydrogen-bond donors (Lipinski definition) is 0. The molecule has 1 aliphatic heterocycles. The molecular weight excluding hydrogens is 358 g/mol. The first kappa shape index (κ1) is 18.7. The summed E-state index contributed by atoms with van der Waals surface area (Å²) in [6.45, 7) is 3.86. The highest BCUT2D eigenvalue weighted by Crippen LogP contribution is 2.40. The van der Waals surface area contributed by atoms with Crippen molar-refractivity contribution in [3.8, 4) is 16.9 Å². The lowest BCUT2D eigenvalue weighted by molar-refractivity contribution is -0.385. The van der Waals surface area contributed by atoms with E-state index in [9.17, 15) is 10.1 Å². The predicted octanol–water partition coefficient (Wildman–Crippen LogP) is 3.07. The number of methoxy groups -OCH3 is 1. The van der Waals surface area contributed by atoms with Crippen molar-refractivity contribution in [2.24, 2.45) is 7.05 Å². The summed E-state index contributed by atoms with van der Waals surface area (Å²) in [5.74, 6) is 0.297. The molecular formula is C20H27N5O3. The van der Waals surface area contributed by atoms with Crippen LogP contribution in [0.15, 0.2) is 24.5 Å². The molecule has 1 aromatic heterocycles. The molecule has 1 aliphatic carbocycles. The van der Waals surface area contributed by atoms with E-state index in [-0.39, 0.29) is 10.6 Å². The van der Waals surface area contributed by atoms with Gasteiger partial charge < -0.3 is 9.64 Å². The molecule has 2 heterocycles. The summed E-state index contributed by atoms with van der Waals surface area (Å²) in [6.07, 6.45) is 8.96. The fourth-order valence-corrected chi connectivity index (χ4v) is 4.51. The first-order valence-electron chi connectivity index (χ1n) is 9.91. The molecule has 0 amide bonds. The lowest BCUT2D eigenvalue weighted by atomic mass is 10.0. The number of piperazine rings is 1. The average molecular weight is 385 g/mol. The maximum absolute atomic E-state index is 11.5. The van der Waals surface area contributed by atoms with Crippen molar-refractivity contribution < 1.29 is 9.66 Å². The van der Waals surface area contributed by atoms with Crippen LogP contribution in [0, 0.1) is 10.1 Å². The van der Waals surface area contributed by atoms with Crippen molar-refractivity contribution in [3.05, 3.63) is 34.6 Å². The van der Waals surface area contributed by atoms with Crippen LogP contribution in [0.4, 0.5) is 11.4 Å². The molecule has 150 valence electrons. The van der Waals surface area contributed by atoms with E-state index >= 15 is 0 Å². The fourth-order valence-electron chi connectivity index (χ4n) is 4.51. The van der Waals surface area contributed by atoms with Crippen LogP contribution in [-0.2, 0) is 7.05 Å². The van der Waals surface area contributed by atoms with Gasteiger partial charge in [0.15, 0.2) is 5.75 Å².